The number of amides is 1. The van der Waals surface area contributed by atoms with E-state index in [2.05, 4.69) is 5.32 Å². The van der Waals surface area contributed by atoms with Crippen molar-refractivity contribution in [2.24, 2.45) is 0 Å². The van der Waals surface area contributed by atoms with Crippen LogP contribution in [0.5, 0.6) is 5.75 Å². The van der Waals surface area contributed by atoms with Crippen LogP contribution in [0.25, 0.3) is 0 Å². The molecule has 2 aromatic rings. The number of benzene rings is 2. The van der Waals surface area contributed by atoms with Gasteiger partial charge in [-0.1, -0.05) is 48.9 Å². The fraction of sp³-hybridized carbons (Fsp3) is 0.316. The maximum Gasteiger partial charge on any atom is 0.263 e. The number of sulfonamides is 1. The Bertz CT molecular complexity index is 934. The highest BCUT2D eigenvalue weighted by Crippen LogP contribution is 2.37. The Kier molecular flexibility index (Phi) is 5.62. The Labute approximate surface area is 164 Å². The molecule has 27 heavy (non-hydrogen) atoms. The first-order chi connectivity index (χ1) is 12.8. The van der Waals surface area contributed by atoms with Crippen molar-refractivity contribution >= 4 is 33.2 Å². The van der Waals surface area contributed by atoms with E-state index in [1.54, 1.807) is 12.1 Å². The van der Waals surface area contributed by atoms with E-state index >= 15 is 0 Å². The third-order valence-electron chi connectivity index (χ3n) is 4.41. The molecule has 1 N–H and O–H groups in total. The molecule has 0 radical (unpaired) electrons. The second-order valence-electron chi connectivity index (χ2n) is 6.39. The molecule has 3 rings (SSSR count). The third-order valence-corrected chi connectivity index (χ3v) is 5.79. The minimum absolute atomic E-state index is 0.108. The third kappa shape index (κ3) is 4.36. The predicted molar refractivity (Wildman–Crippen MR) is 106 cm³/mol. The lowest BCUT2D eigenvalue weighted by Crippen LogP contribution is -2.51. The summed E-state index contributed by atoms with van der Waals surface area (Å²) in [5.74, 6) is -0.0519. The van der Waals surface area contributed by atoms with Crippen LogP contribution < -0.4 is 14.4 Å². The molecule has 0 bridgehead atoms. The number of hydrogen-bond donors (Lipinski definition) is 1. The Morgan fingerprint density at radius 3 is 2.63 bits per heavy atom. The van der Waals surface area contributed by atoms with E-state index in [-0.39, 0.29) is 18.5 Å². The molecule has 0 saturated heterocycles. The lowest BCUT2D eigenvalue weighted by molar-refractivity contribution is -0.128. The molecule has 8 heteroatoms. The molecule has 0 saturated carbocycles. The maximum absolute atomic E-state index is 12.8. The number of hydrogen-bond acceptors (Lipinski definition) is 4. The Balaban J connectivity index is 1.85. The van der Waals surface area contributed by atoms with E-state index in [1.807, 2.05) is 37.3 Å². The average Bonchev–Trinajstić information content (AvgIpc) is 2.64. The van der Waals surface area contributed by atoms with Gasteiger partial charge in [-0.15, -0.1) is 0 Å². The zero-order valence-electron chi connectivity index (χ0n) is 15.1. The Hall–Kier alpha value is -2.25. The van der Waals surface area contributed by atoms with Crippen LogP contribution in [0.15, 0.2) is 48.5 Å². The van der Waals surface area contributed by atoms with Crippen LogP contribution in [0, 0.1) is 0 Å². The topological polar surface area (TPSA) is 75.7 Å². The number of carbonyl (C=O) groups excluding carboxylic acids is 1. The van der Waals surface area contributed by atoms with E-state index in [0.29, 0.717) is 22.9 Å². The minimum Gasteiger partial charge on any atom is -0.476 e. The Morgan fingerprint density at radius 2 is 2.00 bits per heavy atom. The number of nitrogens with zero attached hydrogens (tertiary/aromatic N) is 1. The van der Waals surface area contributed by atoms with Crippen LogP contribution in [0.2, 0.25) is 5.02 Å². The Morgan fingerprint density at radius 1 is 1.30 bits per heavy atom. The summed E-state index contributed by atoms with van der Waals surface area (Å²) in [6.07, 6.45) is 0.840. The van der Waals surface area contributed by atoms with Gasteiger partial charge in [-0.05, 0) is 30.2 Å². The molecule has 0 unspecified atom stereocenters. The number of ether oxygens (including phenoxy) is 1. The van der Waals surface area contributed by atoms with Gasteiger partial charge in [0.25, 0.3) is 5.91 Å². The molecule has 1 aliphatic heterocycles. The molecule has 1 amide bonds. The van der Waals surface area contributed by atoms with Crippen molar-refractivity contribution in [1.82, 2.24) is 5.32 Å². The largest absolute Gasteiger partial charge is 0.476 e. The van der Waals surface area contributed by atoms with E-state index in [1.165, 1.54) is 6.07 Å². The van der Waals surface area contributed by atoms with Crippen LogP contribution >= 0.6 is 11.6 Å². The molecule has 1 aliphatic rings. The predicted octanol–water partition coefficient (Wildman–Crippen LogP) is 3.13. The van der Waals surface area contributed by atoms with Gasteiger partial charge in [-0.25, -0.2) is 8.42 Å². The smallest absolute Gasteiger partial charge is 0.263 e. The van der Waals surface area contributed by atoms with Gasteiger partial charge < -0.3 is 10.1 Å². The number of halogens is 1. The van der Waals surface area contributed by atoms with Gasteiger partial charge in [0.15, 0.2) is 6.10 Å². The highest BCUT2D eigenvalue weighted by molar-refractivity contribution is 7.92. The van der Waals surface area contributed by atoms with Crippen LogP contribution in [0.3, 0.4) is 0 Å². The number of rotatable bonds is 5. The minimum atomic E-state index is -3.59. The molecule has 2 atom stereocenters. The lowest BCUT2D eigenvalue weighted by Gasteiger charge is -2.34. The summed E-state index contributed by atoms with van der Waals surface area (Å²) in [6, 6.07) is 14.1. The summed E-state index contributed by atoms with van der Waals surface area (Å²) in [5, 5.41) is 3.35. The van der Waals surface area contributed by atoms with Crippen molar-refractivity contribution in [2.75, 3.05) is 17.1 Å². The molecule has 0 aromatic heterocycles. The summed E-state index contributed by atoms with van der Waals surface area (Å²) >= 11 is 5.99. The summed E-state index contributed by atoms with van der Waals surface area (Å²) in [4.78, 5) is 12.8. The van der Waals surface area contributed by atoms with E-state index < -0.39 is 16.1 Å². The number of carbonyl (C=O) groups is 1. The van der Waals surface area contributed by atoms with Gasteiger partial charge in [0.2, 0.25) is 10.0 Å². The van der Waals surface area contributed by atoms with Gasteiger partial charge in [0.1, 0.15) is 5.75 Å². The van der Waals surface area contributed by atoms with Crippen LogP contribution in [0.1, 0.15) is 24.9 Å². The van der Waals surface area contributed by atoms with Gasteiger partial charge in [0, 0.05) is 5.02 Å². The number of nitrogens with one attached hydrogen (secondary N) is 1. The summed E-state index contributed by atoms with van der Waals surface area (Å²) < 4.78 is 31.4. The molecule has 0 spiro atoms. The molecule has 0 aliphatic carbocycles. The highest BCUT2D eigenvalue weighted by atomic mass is 35.5. The summed E-state index contributed by atoms with van der Waals surface area (Å²) in [7, 11) is -3.59. The van der Waals surface area contributed by atoms with Crippen LogP contribution in [-0.2, 0) is 14.8 Å². The molecular weight excluding hydrogens is 388 g/mol. The van der Waals surface area contributed by atoms with Crippen molar-refractivity contribution in [3.05, 3.63) is 59.1 Å². The lowest BCUT2D eigenvalue weighted by atomic mass is 10.0. The summed E-state index contributed by atoms with van der Waals surface area (Å²) in [6.45, 7) is 1.86. The molecule has 2 aromatic carbocycles. The van der Waals surface area contributed by atoms with Gasteiger partial charge in [0.05, 0.1) is 24.5 Å². The van der Waals surface area contributed by atoms with Gasteiger partial charge in [-0.2, -0.15) is 0 Å². The quantitative estimate of drug-likeness (QED) is 0.824. The molecule has 0 fully saturated rings. The van der Waals surface area contributed by atoms with Crippen molar-refractivity contribution < 1.29 is 17.9 Å². The van der Waals surface area contributed by atoms with E-state index in [0.717, 1.165) is 16.1 Å². The average molecular weight is 409 g/mol. The molecule has 6 nitrogen and oxygen atoms in total. The van der Waals surface area contributed by atoms with Crippen molar-refractivity contribution in [3.8, 4) is 5.75 Å². The first kappa shape index (κ1) is 19.5. The number of anilines is 1. The second kappa shape index (κ2) is 7.78. The van der Waals surface area contributed by atoms with Crippen LogP contribution in [-0.4, -0.2) is 33.2 Å². The van der Waals surface area contributed by atoms with Crippen molar-refractivity contribution in [1.29, 1.82) is 0 Å². The van der Waals surface area contributed by atoms with Gasteiger partial charge >= 0.3 is 0 Å². The van der Waals surface area contributed by atoms with Crippen molar-refractivity contribution in [3.63, 3.8) is 0 Å². The zero-order valence-corrected chi connectivity index (χ0v) is 16.6. The van der Waals surface area contributed by atoms with Crippen LogP contribution in [0.4, 0.5) is 5.69 Å². The van der Waals surface area contributed by atoms with Crippen molar-refractivity contribution in [2.45, 2.75) is 25.5 Å². The van der Waals surface area contributed by atoms with Gasteiger partial charge in [-0.3, -0.25) is 9.10 Å². The monoisotopic (exact) mass is 408 g/mol. The van der Waals surface area contributed by atoms with E-state index in [9.17, 15) is 13.2 Å². The standard InChI is InChI=1S/C19H21ClN2O4S/c1-3-15(13-7-5-4-6-8-13)21-19(23)18-12-22(27(2,24)25)16-11-14(20)9-10-17(16)26-18/h4-11,15,18H,3,12H2,1-2H3,(H,21,23)/t15-,18+/m1/s1. The molecular formula is C19H21ClN2O4S. The zero-order chi connectivity index (χ0) is 19.6. The molecule has 1 heterocycles. The second-order valence-corrected chi connectivity index (χ2v) is 8.74. The van der Waals surface area contributed by atoms with E-state index in [4.69, 9.17) is 16.3 Å². The normalized spacial score (nSPS) is 17.6. The fourth-order valence-electron chi connectivity index (χ4n) is 3.05. The first-order valence-electron chi connectivity index (χ1n) is 8.59. The SMILES string of the molecule is CC[C@@H](NC(=O)[C@@H]1CN(S(C)(=O)=O)c2cc(Cl)ccc2O1)c1ccccc1. The highest BCUT2D eigenvalue weighted by Gasteiger charge is 2.35. The number of fused-ring (bicyclic) bond motifs is 1. The summed E-state index contributed by atoms with van der Waals surface area (Å²) in [5.41, 5.74) is 1.32. The molecule has 144 valence electrons. The maximum atomic E-state index is 12.8. The first-order valence-corrected chi connectivity index (χ1v) is 10.8. The fourth-order valence-corrected chi connectivity index (χ4v) is 4.12.